The Kier molecular flexibility index (Phi) is 5.35. The average molecular weight is 398 g/mol. The Balaban J connectivity index is 1.71. The van der Waals surface area contributed by atoms with E-state index in [1.54, 1.807) is 18.3 Å². The molecule has 0 spiro atoms. The Bertz CT molecular complexity index is 1280. The molecule has 5 heteroatoms. The number of carbonyl (C=O) groups is 1. The van der Waals surface area contributed by atoms with Gasteiger partial charge in [-0.15, -0.1) is 0 Å². The van der Waals surface area contributed by atoms with Crippen molar-refractivity contribution in [3.05, 3.63) is 100 Å². The third kappa shape index (κ3) is 3.82. The van der Waals surface area contributed by atoms with Gasteiger partial charge in [-0.25, -0.2) is 0 Å². The molecule has 0 aliphatic carbocycles. The van der Waals surface area contributed by atoms with Crippen LogP contribution in [0.15, 0.2) is 83.8 Å². The summed E-state index contributed by atoms with van der Waals surface area (Å²) in [4.78, 5) is 26.1. The standard InChI is InChI=1S/C25H22N2O3/c1-3-27-16-20(24(28)19-15-17(2)13-14-22(19)27)25(29)26-21-11-7-8-12-23(21)30-18-9-5-4-6-10-18/h4-16H,3H2,1-2H3,(H,26,29). The number of hydrogen-bond acceptors (Lipinski definition) is 3. The van der Waals surface area contributed by atoms with Crippen LogP contribution in [-0.2, 0) is 6.54 Å². The number of amides is 1. The van der Waals surface area contributed by atoms with Gasteiger partial charge in [0.1, 0.15) is 11.3 Å². The molecule has 4 aromatic rings. The van der Waals surface area contributed by atoms with Crippen molar-refractivity contribution < 1.29 is 9.53 Å². The summed E-state index contributed by atoms with van der Waals surface area (Å²) in [6.45, 7) is 4.56. The largest absolute Gasteiger partial charge is 0.455 e. The van der Waals surface area contributed by atoms with Gasteiger partial charge >= 0.3 is 0 Å². The number of anilines is 1. The third-order valence-electron chi connectivity index (χ3n) is 4.93. The van der Waals surface area contributed by atoms with Gasteiger partial charge in [0.15, 0.2) is 5.75 Å². The summed E-state index contributed by atoms with van der Waals surface area (Å²) in [7, 11) is 0. The second-order valence-corrected chi connectivity index (χ2v) is 7.04. The van der Waals surface area contributed by atoms with E-state index in [0.717, 1.165) is 11.1 Å². The first-order valence-electron chi connectivity index (χ1n) is 9.84. The maximum absolute atomic E-state index is 13.1. The van der Waals surface area contributed by atoms with E-state index < -0.39 is 5.91 Å². The first-order valence-corrected chi connectivity index (χ1v) is 9.84. The van der Waals surface area contributed by atoms with Crippen LogP contribution in [0.1, 0.15) is 22.8 Å². The van der Waals surface area contributed by atoms with E-state index in [0.29, 0.717) is 29.1 Å². The summed E-state index contributed by atoms with van der Waals surface area (Å²) < 4.78 is 7.82. The van der Waals surface area contributed by atoms with Gasteiger partial charge in [0, 0.05) is 18.1 Å². The van der Waals surface area contributed by atoms with E-state index in [9.17, 15) is 9.59 Å². The number of fused-ring (bicyclic) bond motifs is 1. The number of para-hydroxylation sites is 3. The number of rotatable bonds is 5. The third-order valence-corrected chi connectivity index (χ3v) is 4.93. The number of nitrogens with zero attached hydrogens (tertiary/aromatic N) is 1. The Labute approximate surface area is 174 Å². The van der Waals surface area contributed by atoms with Crippen LogP contribution in [0, 0.1) is 6.92 Å². The highest BCUT2D eigenvalue weighted by Crippen LogP contribution is 2.29. The van der Waals surface area contributed by atoms with Crippen molar-refractivity contribution in [2.24, 2.45) is 0 Å². The number of aryl methyl sites for hydroxylation is 2. The molecule has 150 valence electrons. The molecule has 0 atom stereocenters. The van der Waals surface area contributed by atoms with Crippen molar-refractivity contribution in [1.82, 2.24) is 4.57 Å². The molecule has 1 N–H and O–H groups in total. The zero-order valence-electron chi connectivity index (χ0n) is 16.9. The van der Waals surface area contributed by atoms with E-state index in [1.807, 2.05) is 79.1 Å². The van der Waals surface area contributed by atoms with Gasteiger partial charge in [-0.3, -0.25) is 9.59 Å². The normalized spacial score (nSPS) is 10.7. The maximum atomic E-state index is 13.1. The topological polar surface area (TPSA) is 60.3 Å². The van der Waals surface area contributed by atoms with Gasteiger partial charge in [-0.2, -0.15) is 0 Å². The fourth-order valence-corrected chi connectivity index (χ4v) is 3.40. The molecule has 0 unspecified atom stereocenters. The van der Waals surface area contributed by atoms with Crippen molar-refractivity contribution in [3.8, 4) is 11.5 Å². The molecule has 0 saturated carbocycles. The van der Waals surface area contributed by atoms with Crippen molar-refractivity contribution in [3.63, 3.8) is 0 Å². The maximum Gasteiger partial charge on any atom is 0.261 e. The molecule has 0 saturated heterocycles. The highest BCUT2D eigenvalue weighted by Gasteiger charge is 2.17. The van der Waals surface area contributed by atoms with Crippen LogP contribution in [-0.4, -0.2) is 10.5 Å². The van der Waals surface area contributed by atoms with Gasteiger partial charge in [0.25, 0.3) is 5.91 Å². The minimum atomic E-state index is -0.463. The zero-order valence-corrected chi connectivity index (χ0v) is 16.9. The molecule has 0 fully saturated rings. The number of benzene rings is 3. The number of carbonyl (C=O) groups excluding carboxylic acids is 1. The molecule has 3 aromatic carbocycles. The second kappa shape index (κ2) is 8.25. The van der Waals surface area contributed by atoms with Crippen LogP contribution in [0.25, 0.3) is 10.9 Å². The lowest BCUT2D eigenvalue weighted by Gasteiger charge is -2.14. The Morgan fingerprint density at radius 1 is 1.00 bits per heavy atom. The highest BCUT2D eigenvalue weighted by molar-refractivity contribution is 6.06. The van der Waals surface area contributed by atoms with Gasteiger partial charge in [0.05, 0.1) is 11.2 Å². The van der Waals surface area contributed by atoms with Crippen LogP contribution in [0.2, 0.25) is 0 Å². The quantitative estimate of drug-likeness (QED) is 0.491. The summed E-state index contributed by atoms with van der Waals surface area (Å²) in [5.74, 6) is 0.702. The molecular weight excluding hydrogens is 376 g/mol. The van der Waals surface area contributed by atoms with E-state index in [-0.39, 0.29) is 11.0 Å². The van der Waals surface area contributed by atoms with E-state index in [1.165, 1.54) is 0 Å². The minimum Gasteiger partial charge on any atom is -0.455 e. The van der Waals surface area contributed by atoms with Crippen LogP contribution in [0.5, 0.6) is 11.5 Å². The second-order valence-electron chi connectivity index (χ2n) is 7.04. The van der Waals surface area contributed by atoms with Gasteiger partial charge < -0.3 is 14.6 Å². The summed E-state index contributed by atoms with van der Waals surface area (Å²) in [6, 6.07) is 22.2. The predicted molar refractivity (Wildman–Crippen MR) is 120 cm³/mol. The number of aromatic nitrogens is 1. The molecule has 30 heavy (non-hydrogen) atoms. The first kappa shape index (κ1) is 19.5. The molecule has 5 nitrogen and oxygen atoms in total. The molecule has 0 bridgehead atoms. The molecule has 0 radical (unpaired) electrons. The lowest BCUT2D eigenvalue weighted by molar-refractivity contribution is 0.102. The zero-order chi connectivity index (χ0) is 21.1. The number of ether oxygens (including phenoxy) is 1. The van der Waals surface area contributed by atoms with Gasteiger partial charge in [0.2, 0.25) is 5.43 Å². The van der Waals surface area contributed by atoms with E-state index in [2.05, 4.69) is 5.32 Å². The molecule has 1 aromatic heterocycles. The van der Waals surface area contributed by atoms with Crippen molar-refractivity contribution in [2.75, 3.05) is 5.32 Å². The molecule has 4 rings (SSSR count). The summed E-state index contributed by atoms with van der Waals surface area (Å²) in [6.07, 6.45) is 1.62. The molecule has 0 aliphatic rings. The number of hydrogen-bond donors (Lipinski definition) is 1. The van der Waals surface area contributed by atoms with Crippen LogP contribution >= 0.6 is 0 Å². The monoisotopic (exact) mass is 398 g/mol. The first-order chi connectivity index (χ1) is 14.6. The fraction of sp³-hybridized carbons (Fsp3) is 0.120. The average Bonchev–Trinajstić information content (AvgIpc) is 2.76. The van der Waals surface area contributed by atoms with Gasteiger partial charge in [-0.05, 0) is 50.2 Å². The lowest BCUT2D eigenvalue weighted by atomic mass is 10.1. The van der Waals surface area contributed by atoms with E-state index in [4.69, 9.17) is 4.74 Å². The van der Waals surface area contributed by atoms with Crippen LogP contribution < -0.4 is 15.5 Å². The van der Waals surface area contributed by atoms with Crippen LogP contribution in [0.3, 0.4) is 0 Å². The number of pyridine rings is 1. The summed E-state index contributed by atoms with van der Waals surface area (Å²) in [5, 5.41) is 3.38. The van der Waals surface area contributed by atoms with Crippen molar-refractivity contribution in [1.29, 1.82) is 0 Å². The Morgan fingerprint density at radius 3 is 2.50 bits per heavy atom. The predicted octanol–water partition coefficient (Wildman–Crippen LogP) is 5.37. The van der Waals surface area contributed by atoms with Crippen molar-refractivity contribution >= 4 is 22.5 Å². The van der Waals surface area contributed by atoms with E-state index >= 15 is 0 Å². The Hall–Kier alpha value is -3.86. The van der Waals surface area contributed by atoms with Crippen LogP contribution in [0.4, 0.5) is 5.69 Å². The molecule has 0 aliphatic heterocycles. The van der Waals surface area contributed by atoms with Gasteiger partial charge in [-0.1, -0.05) is 42.0 Å². The summed E-state index contributed by atoms with van der Waals surface area (Å²) >= 11 is 0. The SMILES string of the molecule is CCn1cc(C(=O)Nc2ccccc2Oc2ccccc2)c(=O)c2cc(C)ccc21. The highest BCUT2D eigenvalue weighted by atomic mass is 16.5. The number of nitrogens with one attached hydrogen (secondary N) is 1. The molecule has 1 amide bonds. The fourth-order valence-electron chi connectivity index (χ4n) is 3.40. The molecule has 1 heterocycles. The summed E-state index contributed by atoms with van der Waals surface area (Å²) in [5.41, 5.74) is 2.11. The smallest absolute Gasteiger partial charge is 0.261 e. The molecular formula is C25H22N2O3. The minimum absolute atomic E-state index is 0.101. The lowest BCUT2D eigenvalue weighted by Crippen LogP contribution is -2.24. The Morgan fingerprint density at radius 2 is 1.73 bits per heavy atom. The van der Waals surface area contributed by atoms with Crippen molar-refractivity contribution in [2.45, 2.75) is 20.4 Å².